The van der Waals surface area contributed by atoms with Gasteiger partial charge in [0.2, 0.25) is 6.79 Å². The lowest BCUT2D eigenvalue weighted by atomic mass is 10.2. The van der Waals surface area contributed by atoms with Crippen molar-refractivity contribution in [2.45, 2.75) is 25.9 Å². The van der Waals surface area contributed by atoms with Gasteiger partial charge in [-0.1, -0.05) is 6.07 Å². The van der Waals surface area contributed by atoms with Crippen molar-refractivity contribution < 1.29 is 9.47 Å². The molecule has 4 rings (SSSR count). The minimum Gasteiger partial charge on any atom is -0.454 e. The van der Waals surface area contributed by atoms with Crippen molar-refractivity contribution in [2.75, 3.05) is 31.8 Å². The zero-order valence-electron chi connectivity index (χ0n) is 16.0. The Bertz CT molecular complexity index is 824. The van der Waals surface area contributed by atoms with Crippen molar-refractivity contribution in [3.8, 4) is 11.5 Å². The molecule has 28 heavy (non-hydrogen) atoms. The van der Waals surface area contributed by atoms with Crippen LogP contribution in [0.15, 0.2) is 41.5 Å². The molecule has 0 spiro atoms. The van der Waals surface area contributed by atoms with Crippen LogP contribution in [0.3, 0.4) is 0 Å². The van der Waals surface area contributed by atoms with Crippen molar-refractivity contribution in [1.29, 1.82) is 0 Å². The molecule has 1 aromatic carbocycles. The monoisotopic (exact) mass is 495 g/mol. The number of guanidine groups is 1. The van der Waals surface area contributed by atoms with Crippen LogP contribution in [0.2, 0.25) is 0 Å². The summed E-state index contributed by atoms with van der Waals surface area (Å²) >= 11 is 0. The Morgan fingerprint density at radius 2 is 1.75 bits per heavy atom. The molecule has 0 aliphatic carbocycles. The maximum Gasteiger partial charge on any atom is 0.231 e. The molecule has 0 atom stereocenters. The molecule has 150 valence electrons. The third-order valence-electron chi connectivity index (χ3n) is 4.82. The van der Waals surface area contributed by atoms with Gasteiger partial charge in [0.1, 0.15) is 5.82 Å². The van der Waals surface area contributed by atoms with Gasteiger partial charge in [0.15, 0.2) is 17.5 Å². The highest BCUT2D eigenvalue weighted by Crippen LogP contribution is 2.32. The molecular weight excluding hydrogens is 469 g/mol. The Morgan fingerprint density at radius 1 is 1.04 bits per heavy atom. The number of hydrogen-bond acceptors (Lipinski definition) is 5. The van der Waals surface area contributed by atoms with E-state index in [-0.39, 0.29) is 24.0 Å². The second kappa shape index (κ2) is 9.81. The number of aromatic nitrogens is 1. The maximum absolute atomic E-state index is 5.43. The standard InChI is InChI=1S/C20H25N5O2.HI/c1-21-20(23-12-15-4-5-17-18(10-15)27-14-26-17)24-13-16-6-7-22-19(11-16)25-8-2-3-9-25;/h4-7,10-11H,2-3,8-9,12-14H2,1H3,(H2,21,23,24);1H. The molecule has 3 heterocycles. The highest BCUT2D eigenvalue weighted by molar-refractivity contribution is 14.0. The average molecular weight is 495 g/mol. The SMILES string of the molecule is CN=C(NCc1ccnc(N2CCCC2)c1)NCc1ccc2c(c1)OCO2.I. The van der Waals surface area contributed by atoms with E-state index in [0.717, 1.165) is 41.9 Å². The first kappa shape index (κ1) is 20.5. The van der Waals surface area contributed by atoms with Crippen LogP contribution < -0.4 is 25.0 Å². The van der Waals surface area contributed by atoms with E-state index in [1.54, 1.807) is 7.05 Å². The van der Waals surface area contributed by atoms with Crippen molar-refractivity contribution in [1.82, 2.24) is 15.6 Å². The lowest BCUT2D eigenvalue weighted by Crippen LogP contribution is -2.36. The molecule has 0 saturated carbocycles. The molecular formula is C20H26IN5O2. The molecule has 1 fully saturated rings. The first-order chi connectivity index (χ1) is 13.3. The van der Waals surface area contributed by atoms with E-state index < -0.39 is 0 Å². The number of nitrogens with zero attached hydrogens (tertiary/aromatic N) is 3. The van der Waals surface area contributed by atoms with Gasteiger partial charge in [-0.25, -0.2) is 4.98 Å². The second-order valence-electron chi connectivity index (χ2n) is 6.68. The molecule has 7 nitrogen and oxygen atoms in total. The quantitative estimate of drug-likeness (QED) is 0.378. The van der Waals surface area contributed by atoms with Crippen LogP contribution in [0.5, 0.6) is 11.5 Å². The van der Waals surface area contributed by atoms with E-state index in [1.165, 1.54) is 18.4 Å². The van der Waals surface area contributed by atoms with Gasteiger partial charge in [-0.15, -0.1) is 24.0 Å². The van der Waals surface area contributed by atoms with Gasteiger partial charge in [0.25, 0.3) is 0 Å². The Kier molecular flexibility index (Phi) is 7.18. The van der Waals surface area contributed by atoms with Crippen LogP contribution in [0, 0.1) is 0 Å². The first-order valence-electron chi connectivity index (χ1n) is 9.35. The lowest BCUT2D eigenvalue weighted by molar-refractivity contribution is 0.174. The number of rotatable bonds is 5. The Hall–Kier alpha value is -2.23. The number of hydrogen-bond donors (Lipinski definition) is 2. The molecule has 2 aromatic rings. The van der Waals surface area contributed by atoms with E-state index in [2.05, 4.69) is 31.6 Å². The van der Waals surface area contributed by atoms with Crippen LogP contribution in [0.1, 0.15) is 24.0 Å². The molecule has 0 bridgehead atoms. The summed E-state index contributed by atoms with van der Waals surface area (Å²) in [6, 6.07) is 10.2. The van der Waals surface area contributed by atoms with E-state index in [4.69, 9.17) is 9.47 Å². The second-order valence-corrected chi connectivity index (χ2v) is 6.68. The van der Waals surface area contributed by atoms with Crippen molar-refractivity contribution >= 4 is 35.8 Å². The number of benzene rings is 1. The third-order valence-corrected chi connectivity index (χ3v) is 4.82. The Labute approximate surface area is 182 Å². The topological polar surface area (TPSA) is 71.0 Å². The Balaban J connectivity index is 0.00000225. The number of nitrogens with one attached hydrogen (secondary N) is 2. The zero-order valence-corrected chi connectivity index (χ0v) is 18.3. The normalized spacial score (nSPS) is 15.3. The predicted octanol–water partition coefficient (Wildman–Crippen LogP) is 2.89. The molecule has 1 saturated heterocycles. The van der Waals surface area contributed by atoms with Gasteiger partial charge in [0.05, 0.1) is 0 Å². The summed E-state index contributed by atoms with van der Waals surface area (Å²) in [5, 5.41) is 6.70. The summed E-state index contributed by atoms with van der Waals surface area (Å²) in [4.78, 5) is 11.1. The Morgan fingerprint density at radius 3 is 2.50 bits per heavy atom. The van der Waals surface area contributed by atoms with Crippen molar-refractivity contribution in [2.24, 2.45) is 4.99 Å². The van der Waals surface area contributed by atoms with Crippen LogP contribution in [0.4, 0.5) is 5.82 Å². The van der Waals surface area contributed by atoms with Crippen LogP contribution >= 0.6 is 24.0 Å². The van der Waals surface area contributed by atoms with E-state index in [0.29, 0.717) is 19.9 Å². The fourth-order valence-electron chi connectivity index (χ4n) is 3.33. The smallest absolute Gasteiger partial charge is 0.231 e. The van der Waals surface area contributed by atoms with E-state index in [1.807, 2.05) is 30.5 Å². The third kappa shape index (κ3) is 4.98. The van der Waals surface area contributed by atoms with E-state index >= 15 is 0 Å². The maximum atomic E-state index is 5.43. The highest BCUT2D eigenvalue weighted by atomic mass is 127. The van der Waals surface area contributed by atoms with E-state index in [9.17, 15) is 0 Å². The van der Waals surface area contributed by atoms with Crippen LogP contribution in [0.25, 0.3) is 0 Å². The summed E-state index contributed by atoms with van der Waals surface area (Å²) in [6.45, 7) is 3.85. The summed E-state index contributed by atoms with van der Waals surface area (Å²) in [5.41, 5.74) is 2.31. The fraction of sp³-hybridized carbons (Fsp3) is 0.400. The number of aliphatic imine (C=N–C) groups is 1. The summed E-state index contributed by atoms with van der Waals surface area (Å²) in [5.74, 6) is 3.42. The predicted molar refractivity (Wildman–Crippen MR) is 121 cm³/mol. The van der Waals surface area contributed by atoms with Gasteiger partial charge in [-0.05, 0) is 48.2 Å². The van der Waals surface area contributed by atoms with Gasteiger partial charge in [0, 0.05) is 39.4 Å². The average Bonchev–Trinajstić information content (AvgIpc) is 3.40. The molecule has 2 aliphatic rings. The largest absolute Gasteiger partial charge is 0.454 e. The number of ether oxygens (including phenoxy) is 2. The number of halogens is 1. The summed E-state index contributed by atoms with van der Waals surface area (Å²) in [7, 11) is 1.77. The molecule has 0 amide bonds. The van der Waals surface area contributed by atoms with Gasteiger partial charge in [-0.2, -0.15) is 0 Å². The van der Waals surface area contributed by atoms with Crippen LogP contribution in [-0.2, 0) is 13.1 Å². The minimum atomic E-state index is 0. The van der Waals surface area contributed by atoms with Gasteiger partial charge in [-0.3, -0.25) is 4.99 Å². The molecule has 0 radical (unpaired) electrons. The van der Waals surface area contributed by atoms with Gasteiger partial charge < -0.3 is 25.0 Å². The summed E-state index contributed by atoms with van der Waals surface area (Å²) < 4.78 is 10.8. The van der Waals surface area contributed by atoms with Crippen molar-refractivity contribution in [3.63, 3.8) is 0 Å². The zero-order chi connectivity index (χ0) is 18.5. The minimum absolute atomic E-state index is 0. The number of pyridine rings is 1. The molecule has 2 aliphatic heterocycles. The molecule has 0 unspecified atom stereocenters. The van der Waals surface area contributed by atoms with Gasteiger partial charge >= 0.3 is 0 Å². The number of anilines is 1. The first-order valence-corrected chi connectivity index (χ1v) is 9.35. The molecule has 2 N–H and O–H groups in total. The number of fused-ring (bicyclic) bond motifs is 1. The summed E-state index contributed by atoms with van der Waals surface area (Å²) in [6.07, 6.45) is 4.38. The van der Waals surface area contributed by atoms with Crippen molar-refractivity contribution in [3.05, 3.63) is 47.7 Å². The van der Waals surface area contributed by atoms with Crippen LogP contribution in [-0.4, -0.2) is 37.9 Å². The molecule has 1 aromatic heterocycles. The highest BCUT2D eigenvalue weighted by Gasteiger charge is 2.14. The lowest BCUT2D eigenvalue weighted by Gasteiger charge is -2.17. The molecule has 8 heteroatoms. The fourth-order valence-corrected chi connectivity index (χ4v) is 3.33.